The van der Waals surface area contributed by atoms with Gasteiger partial charge in [-0.25, -0.2) is 4.98 Å². The van der Waals surface area contributed by atoms with Gasteiger partial charge in [0.1, 0.15) is 5.82 Å². The van der Waals surface area contributed by atoms with Gasteiger partial charge < -0.3 is 15.5 Å². The molecule has 0 aliphatic heterocycles. The van der Waals surface area contributed by atoms with Gasteiger partial charge >= 0.3 is 0 Å². The number of rotatable bonds is 6. The Labute approximate surface area is 187 Å². The lowest BCUT2D eigenvalue weighted by molar-refractivity contribution is 0.352. The number of nitrogens with one attached hydrogen (secondary N) is 2. The van der Waals surface area contributed by atoms with E-state index in [0.717, 1.165) is 42.1 Å². The van der Waals surface area contributed by atoms with Crippen LogP contribution < -0.4 is 15.5 Å². The molecular weight excluding hydrogens is 438 g/mol. The summed E-state index contributed by atoms with van der Waals surface area (Å²) in [7, 11) is 4.06. The molecule has 4 rings (SSSR count). The maximum absolute atomic E-state index is 4.79. The van der Waals surface area contributed by atoms with Crippen molar-refractivity contribution in [3.63, 3.8) is 0 Å². The van der Waals surface area contributed by atoms with Gasteiger partial charge in [0, 0.05) is 42.6 Å². The van der Waals surface area contributed by atoms with Crippen LogP contribution in [0.15, 0.2) is 46.9 Å². The fourth-order valence-corrected chi connectivity index (χ4v) is 4.42. The molecule has 0 bridgehead atoms. The van der Waals surface area contributed by atoms with E-state index in [1.165, 1.54) is 28.4 Å². The summed E-state index contributed by atoms with van der Waals surface area (Å²) in [6.45, 7) is 3.07. The van der Waals surface area contributed by atoms with Crippen LogP contribution in [0.4, 0.5) is 11.8 Å². The van der Waals surface area contributed by atoms with Gasteiger partial charge in [-0.2, -0.15) is 4.98 Å². The predicted molar refractivity (Wildman–Crippen MR) is 129 cm³/mol. The Morgan fingerprint density at radius 3 is 2.47 bits per heavy atom. The summed E-state index contributed by atoms with van der Waals surface area (Å²) in [5.41, 5.74) is 3.62. The van der Waals surface area contributed by atoms with E-state index in [-0.39, 0.29) is 0 Å². The van der Waals surface area contributed by atoms with E-state index in [1.807, 2.05) is 26.2 Å². The van der Waals surface area contributed by atoms with Crippen LogP contribution in [0.3, 0.4) is 0 Å². The van der Waals surface area contributed by atoms with Crippen LogP contribution in [0.25, 0.3) is 10.9 Å². The molecule has 0 unspecified atom stereocenters. The molecule has 1 aromatic heterocycles. The molecule has 0 spiro atoms. The maximum atomic E-state index is 4.79. The van der Waals surface area contributed by atoms with E-state index in [4.69, 9.17) is 9.97 Å². The highest BCUT2D eigenvalue weighted by Gasteiger charge is 2.22. The Morgan fingerprint density at radius 1 is 1.00 bits per heavy atom. The zero-order valence-electron chi connectivity index (χ0n) is 18.0. The first-order valence-electron chi connectivity index (χ1n) is 10.7. The molecule has 1 aliphatic carbocycles. The van der Waals surface area contributed by atoms with Crippen LogP contribution in [-0.2, 0) is 6.54 Å². The topological polar surface area (TPSA) is 53.1 Å². The van der Waals surface area contributed by atoms with Crippen molar-refractivity contribution in [2.45, 2.75) is 51.2 Å². The molecule has 2 aromatic carbocycles. The fourth-order valence-electron chi connectivity index (χ4n) is 4.17. The first kappa shape index (κ1) is 21.1. The summed E-state index contributed by atoms with van der Waals surface area (Å²) >= 11 is 3.58. The van der Waals surface area contributed by atoms with E-state index in [0.29, 0.717) is 12.1 Å². The number of fused-ring (bicyclic) bond motifs is 1. The lowest BCUT2D eigenvalue weighted by Crippen LogP contribution is -2.37. The molecular formula is C24H30BrN5. The molecule has 30 heavy (non-hydrogen) atoms. The minimum atomic E-state index is 0.425. The van der Waals surface area contributed by atoms with E-state index < -0.39 is 0 Å². The molecule has 0 radical (unpaired) electrons. The van der Waals surface area contributed by atoms with Crippen molar-refractivity contribution < 1.29 is 0 Å². The van der Waals surface area contributed by atoms with Gasteiger partial charge in [0.15, 0.2) is 0 Å². The molecule has 1 saturated carbocycles. The standard InChI is InChI=1S/C24H30BrN5/c1-16-14-17(8-13-21(16)25)15-26-18-9-11-19(12-10-18)27-24-28-22-7-5-4-6-20(22)23(29-24)30(2)3/h4-8,13-14,18-19,26H,9-12,15H2,1-3H3,(H,27,28,29)/t18-,19+. The van der Waals surface area contributed by atoms with Gasteiger partial charge in [0.25, 0.3) is 0 Å². The van der Waals surface area contributed by atoms with Crippen molar-refractivity contribution >= 4 is 38.6 Å². The second-order valence-corrected chi connectivity index (χ2v) is 9.29. The Balaban J connectivity index is 1.34. The molecule has 2 N–H and O–H groups in total. The second kappa shape index (κ2) is 9.31. The van der Waals surface area contributed by atoms with Crippen LogP contribution in [0.2, 0.25) is 0 Å². The van der Waals surface area contributed by atoms with E-state index in [1.54, 1.807) is 0 Å². The zero-order valence-corrected chi connectivity index (χ0v) is 19.5. The molecule has 1 aliphatic rings. The first-order chi connectivity index (χ1) is 14.5. The fraction of sp³-hybridized carbons (Fsp3) is 0.417. The quantitative estimate of drug-likeness (QED) is 0.516. The molecule has 3 aromatic rings. The van der Waals surface area contributed by atoms with E-state index in [2.05, 4.69) is 68.7 Å². The Bertz CT molecular complexity index is 1010. The highest BCUT2D eigenvalue weighted by molar-refractivity contribution is 9.10. The van der Waals surface area contributed by atoms with Gasteiger partial charge in [-0.15, -0.1) is 0 Å². The molecule has 158 valence electrons. The minimum Gasteiger partial charge on any atom is -0.362 e. The third-order valence-corrected chi connectivity index (χ3v) is 6.77. The summed E-state index contributed by atoms with van der Waals surface area (Å²) in [5, 5.41) is 8.42. The summed E-state index contributed by atoms with van der Waals surface area (Å²) in [6, 6.07) is 15.8. The predicted octanol–water partition coefficient (Wildman–Crippen LogP) is 5.28. The average molecular weight is 468 g/mol. The van der Waals surface area contributed by atoms with Crippen LogP contribution in [0, 0.1) is 6.92 Å². The highest BCUT2D eigenvalue weighted by atomic mass is 79.9. The van der Waals surface area contributed by atoms with Crippen molar-refractivity contribution in [1.82, 2.24) is 15.3 Å². The smallest absolute Gasteiger partial charge is 0.225 e. The monoisotopic (exact) mass is 467 g/mol. The zero-order chi connectivity index (χ0) is 21.1. The number of para-hydroxylation sites is 1. The van der Waals surface area contributed by atoms with Gasteiger partial charge in [-0.3, -0.25) is 0 Å². The SMILES string of the molecule is Cc1cc(CN[C@H]2CC[C@@H](Nc3nc(N(C)C)c4ccccc4n3)CC2)ccc1Br. The third kappa shape index (κ3) is 4.93. The van der Waals surface area contributed by atoms with Crippen LogP contribution in [0.1, 0.15) is 36.8 Å². The lowest BCUT2D eigenvalue weighted by atomic mass is 9.91. The molecule has 1 fully saturated rings. The highest BCUT2D eigenvalue weighted by Crippen LogP contribution is 2.26. The van der Waals surface area contributed by atoms with Crippen LogP contribution >= 0.6 is 15.9 Å². The number of anilines is 2. The van der Waals surface area contributed by atoms with Crippen molar-refractivity contribution in [1.29, 1.82) is 0 Å². The van der Waals surface area contributed by atoms with Gasteiger partial charge in [-0.05, 0) is 61.9 Å². The largest absolute Gasteiger partial charge is 0.362 e. The minimum absolute atomic E-state index is 0.425. The summed E-state index contributed by atoms with van der Waals surface area (Å²) in [5.74, 6) is 1.70. The first-order valence-corrected chi connectivity index (χ1v) is 11.5. The maximum Gasteiger partial charge on any atom is 0.225 e. The molecule has 6 heteroatoms. The number of benzene rings is 2. The van der Waals surface area contributed by atoms with Crippen molar-refractivity contribution in [3.8, 4) is 0 Å². The Morgan fingerprint density at radius 2 is 1.73 bits per heavy atom. The molecule has 0 amide bonds. The van der Waals surface area contributed by atoms with Crippen LogP contribution in [0.5, 0.6) is 0 Å². The van der Waals surface area contributed by atoms with Crippen molar-refractivity contribution in [2.75, 3.05) is 24.3 Å². The summed E-state index contributed by atoms with van der Waals surface area (Å²) in [6.07, 6.45) is 4.59. The normalized spacial score (nSPS) is 19.1. The second-order valence-electron chi connectivity index (χ2n) is 8.44. The third-order valence-electron chi connectivity index (χ3n) is 5.88. The lowest BCUT2D eigenvalue weighted by Gasteiger charge is -2.30. The number of halogens is 1. The van der Waals surface area contributed by atoms with Gasteiger partial charge in [-0.1, -0.05) is 40.2 Å². The number of hydrogen-bond donors (Lipinski definition) is 2. The number of aryl methyl sites for hydroxylation is 1. The molecule has 0 atom stereocenters. The summed E-state index contributed by atoms with van der Waals surface area (Å²) in [4.78, 5) is 11.6. The molecule has 0 saturated heterocycles. The number of nitrogens with zero attached hydrogens (tertiary/aromatic N) is 3. The number of aromatic nitrogens is 2. The van der Waals surface area contributed by atoms with Crippen molar-refractivity contribution in [3.05, 3.63) is 58.1 Å². The Hall–Kier alpha value is -2.18. The van der Waals surface area contributed by atoms with Crippen LogP contribution in [-0.4, -0.2) is 36.1 Å². The molecule has 5 nitrogen and oxygen atoms in total. The van der Waals surface area contributed by atoms with Gasteiger partial charge in [0.2, 0.25) is 5.95 Å². The Kier molecular flexibility index (Phi) is 6.54. The van der Waals surface area contributed by atoms with E-state index >= 15 is 0 Å². The molecule has 1 heterocycles. The average Bonchev–Trinajstić information content (AvgIpc) is 2.75. The van der Waals surface area contributed by atoms with Crippen molar-refractivity contribution in [2.24, 2.45) is 0 Å². The van der Waals surface area contributed by atoms with Gasteiger partial charge in [0.05, 0.1) is 5.52 Å². The number of hydrogen-bond acceptors (Lipinski definition) is 5. The van der Waals surface area contributed by atoms with E-state index in [9.17, 15) is 0 Å². The summed E-state index contributed by atoms with van der Waals surface area (Å²) < 4.78 is 1.17.